The summed E-state index contributed by atoms with van der Waals surface area (Å²) in [6.07, 6.45) is 2.77. The molecule has 4 heterocycles. The van der Waals surface area contributed by atoms with Crippen molar-refractivity contribution >= 4 is 41.0 Å². The fourth-order valence-corrected chi connectivity index (χ4v) is 3.75. The maximum absolute atomic E-state index is 11.7. The van der Waals surface area contributed by atoms with Crippen molar-refractivity contribution in [2.75, 3.05) is 31.1 Å². The zero-order valence-corrected chi connectivity index (χ0v) is 25.8. The number of anilines is 1. The first-order valence-electron chi connectivity index (χ1n) is 13.5. The molecule has 0 aliphatic carbocycles. The van der Waals surface area contributed by atoms with Crippen molar-refractivity contribution in [2.45, 2.75) is 65.2 Å². The Bertz CT molecular complexity index is 1270. The zero-order chi connectivity index (χ0) is 32.4. The Kier molecular flexibility index (Phi) is 12.6. The van der Waals surface area contributed by atoms with E-state index in [9.17, 15) is 29.8 Å². The largest absolute Gasteiger partial charge is 0.460 e. The summed E-state index contributed by atoms with van der Waals surface area (Å²) in [5.74, 6) is -0.365. The number of halogens is 1. The standard InChI is InChI=1S/C14H19N3O4.C8H16N2O2.C5H3ClN2O2/c1-14(2,3)21-13(18)6-10-8-16(9-10)11-4-5-15-12(7-11)17(19)20;1-8(2,3)12-7(11)10-6-4-9-5-6;6-4-1-2-7-5(3-4)8(9)10/h4-5,7,10H,6,8-9H2,1-3H3;6,9H,4-5H2,1-3H3,(H,10,11);1-3H. The van der Waals surface area contributed by atoms with E-state index in [0.29, 0.717) is 24.5 Å². The Morgan fingerprint density at radius 3 is 1.95 bits per heavy atom. The fraction of sp³-hybridized carbons (Fsp3) is 0.556. The molecule has 43 heavy (non-hydrogen) atoms. The highest BCUT2D eigenvalue weighted by Crippen LogP contribution is 2.28. The van der Waals surface area contributed by atoms with E-state index in [2.05, 4.69) is 20.6 Å². The summed E-state index contributed by atoms with van der Waals surface area (Å²) in [5, 5.41) is 26.9. The predicted octanol–water partition coefficient (Wildman–Crippen LogP) is 4.28. The smallest absolute Gasteiger partial charge is 0.407 e. The third-order valence-corrected chi connectivity index (χ3v) is 5.75. The molecule has 0 bridgehead atoms. The lowest BCUT2D eigenvalue weighted by atomic mass is 9.95. The van der Waals surface area contributed by atoms with Crippen molar-refractivity contribution in [3.05, 3.63) is 61.9 Å². The van der Waals surface area contributed by atoms with Crippen LogP contribution in [0.25, 0.3) is 0 Å². The highest BCUT2D eigenvalue weighted by molar-refractivity contribution is 6.30. The molecule has 0 atom stereocenters. The Morgan fingerprint density at radius 2 is 1.51 bits per heavy atom. The topological polar surface area (TPSA) is 192 Å². The van der Waals surface area contributed by atoms with Gasteiger partial charge in [-0.25, -0.2) is 4.79 Å². The normalized spacial score (nSPS) is 14.8. The molecule has 2 aromatic rings. The van der Waals surface area contributed by atoms with Crippen LogP contribution >= 0.6 is 11.6 Å². The van der Waals surface area contributed by atoms with E-state index in [-0.39, 0.29) is 35.7 Å². The first-order chi connectivity index (χ1) is 19.9. The van der Waals surface area contributed by atoms with Gasteiger partial charge in [0.1, 0.15) is 23.6 Å². The molecule has 16 heteroatoms. The highest BCUT2D eigenvalue weighted by Gasteiger charge is 2.31. The van der Waals surface area contributed by atoms with Crippen molar-refractivity contribution in [1.29, 1.82) is 0 Å². The minimum absolute atomic E-state index is 0.164. The Hall–Kier alpha value is -4.11. The molecule has 0 aromatic carbocycles. The molecule has 0 spiro atoms. The number of nitro groups is 2. The van der Waals surface area contributed by atoms with Gasteiger partial charge in [-0.3, -0.25) is 4.79 Å². The molecule has 2 aliphatic heterocycles. The molecule has 0 radical (unpaired) electrons. The van der Waals surface area contributed by atoms with Crippen LogP contribution in [-0.2, 0) is 14.3 Å². The molecule has 1 amide bonds. The van der Waals surface area contributed by atoms with Gasteiger partial charge in [0.15, 0.2) is 0 Å². The van der Waals surface area contributed by atoms with Crippen LogP contribution in [0.2, 0.25) is 5.02 Å². The van der Waals surface area contributed by atoms with Crippen molar-refractivity contribution in [2.24, 2.45) is 5.92 Å². The summed E-state index contributed by atoms with van der Waals surface area (Å²) in [6, 6.07) is 6.11. The van der Waals surface area contributed by atoms with E-state index in [1.807, 2.05) is 46.4 Å². The van der Waals surface area contributed by atoms with Gasteiger partial charge in [-0.15, -0.1) is 0 Å². The van der Waals surface area contributed by atoms with Crippen molar-refractivity contribution in [3.63, 3.8) is 0 Å². The second kappa shape index (κ2) is 15.4. The van der Waals surface area contributed by atoms with Crippen LogP contribution in [0.5, 0.6) is 0 Å². The number of alkyl carbamates (subject to hydrolysis) is 1. The number of rotatable bonds is 6. The van der Waals surface area contributed by atoms with Gasteiger partial charge in [-0.1, -0.05) is 11.6 Å². The van der Waals surface area contributed by atoms with Crippen LogP contribution in [0.3, 0.4) is 0 Å². The molecule has 0 saturated carbocycles. The molecule has 2 aromatic heterocycles. The van der Waals surface area contributed by atoms with Crippen LogP contribution < -0.4 is 15.5 Å². The van der Waals surface area contributed by atoms with Gasteiger partial charge in [-0.2, -0.15) is 0 Å². The number of carbonyl (C=O) groups excluding carboxylic acids is 2. The number of pyridine rings is 2. The Labute approximate surface area is 254 Å². The van der Waals surface area contributed by atoms with Crippen molar-refractivity contribution in [3.8, 4) is 0 Å². The first kappa shape index (κ1) is 35.1. The zero-order valence-electron chi connectivity index (χ0n) is 25.0. The van der Waals surface area contributed by atoms with Crippen molar-refractivity contribution < 1.29 is 28.9 Å². The summed E-state index contributed by atoms with van der Waals surface area (Å²) < 4.78 is 10.3. The predicted molar refractivity (Wildman–Crippen MR) is 159 cm³/mol. The second-order valence-corrected chi connectivity index (χ2v) is 12.2. The number of hydrogen-bond donors (Lipinski definition) is 2. The van der Waals surface area contributed by atoms with E-state index in [4.69, 9.17) is 21.1 Å². The monoisotopic (exact) mass is 623 g/mol. The minimum atomic E-state index is -0.591. The third kappa shape index (κ3) is 13.6. The molecule has 2 aliphatic rings. The lowest BCUT2D eigenvalue weighted by molar-refractivity contribution is -0.389. The lowest BCUT2D eigenvalue weighted by Crippen LogP contribution is -2.57. The number of carbonyl (C=O) groups is 2. The maximum Gasteiger partial charge on any atom is 0.407 e. The number of amides is 1. The summed E-state index contributed by atoms with van der Waals surface area (Å²) in [5.41, 5.74) is -0.106. The molecule has 4 rings (SSSR count). The fourth-order valence-electron chi connectivity index (χ4n) is 3.59. The number of nitrogens with zero attached hydrogens (tertiary/aromatic N) is 5. The average Bonchev–Trinajstić information content (AvgIpc) is 2.82. The van der Waals surface area contributed by atoms with Crippen molar-refractivity contribution in [1.82, 2.24) is 20.6 Å². The van der Waals surface area contributed by atoms with Crippen LogP contribution in [0.1, 0.15) is 48.0 Å². The third-order valence-electron chi connectivity index (χ3n) is 5.51. The number of ether oxygens (including phenoxy) is 2. The lowest BCUT2D eigenvalue weighted by Gasteiger charge is -2.40. The molecule has 15 nitrogen and oxygen atoms in total. The SMILES string of the molecule is CC(C)(C)OC(=O)CC1CN(c2ccnc([N+](=O)[O-])c2)C1.CC(C)(C)OC(=O)NC1CNC1.O=[N+]([O-])c1cc(Cl)ccn1. The summed E-state index contributed by atoms with van der Waals surface area (Å²) in [6.45, 7) is 14.2. The van der Waals surface area contributed by atoms with Gasteiger partial charge in [-0.05, 0) is 61.4 Å². The maximum atomic E-state index is 11.7. The van der Waals surface area contributed by atoms with E-state index in [0.717, 1.165) is 18.8 Å². The average molecular weight is 624 g/mol. The highest BCUT2D eigenvalue weighted by atomic mass is 35.5. The molecule has 2 N–H and O–H groups in total. The molecular formula is C27H38ClN7O8. The number of aromatic nitrogens is 2. The first-order valence-corrected chi connectivity index (χ1v) is 13.8. The molecule has 0 unspecified atom stereocenters. The molecule has 2 saturated heterocycles. The quantitative estimate of drug-likeness (QED) is 0.264. The van der Waals surface area contributed by atoms with Crippen LogP contribution in [0.15, 0.2) is 36.7 Å². The minimum Gasteiger partial charge on any atom is -0.460 e. The van der Waals surface area contributed by atoms with E-state index >= 15 is 0 Å². The molecular weight excluding hydrogens is 586 g/mol. The van der Waals surface area contributed by atoms with E-state index < -0.39 is 21.0 Å². The van der Waals surface area contributed by atoms with Gasteiger partial charge in [0, 0.05) is 49.9 Å². The van der Waals surface area contributed by atoms with Crippen LogP contribution in [0.4, 0.5) is 22.1 Å². The van der Waals surface area contributed by atoms with Gasteiger partial charge in [0.05, 0.1) is 29.6 Å². The summed E-state index contributed by atoms with van der Waals surface area (Å²) >= 11 is 5.44. The Morgan fingerprint density at radius 1 is 0.977 bits per heavy atom. The second-order valence-electron chi connectivity index (χ2n) is 11.8. The van der Waals surface area contributed by atoms with E-state index in [1.165, 1.54) is 30.6 Å². The number of hydrogen-bond acceptors (Lipinski definition) is 12. The summed E-state index contributed by atoms with van der Waals surface area (Å²) in [7, 11) is 0. The van der Waals surface area contributed by atoms with E-state index in [1.54, 1.807) is 6.07 Å². The molecule has 2 fully saturated rings. The van der Waals surface area contributed by atoms with Gasteiger partial charge < -0.3 is 45.2 Å². The molecule has 236 valence electrons. The van der Waals surface area contributed by atoms with Gasteiger partial charge in [0.25, 0.3) is 0 Å². The Balaban J connectivity index is 0.000000248. The van der Waals surface area contributed by atoms with Gasteiger partial charge >= 0.3 is 23.7 Å². The van der Waals surface area contributed by atoms with Crippen LogP contribution in [0, 0.1) is 26.1 Å². The summed E-state index contributed by atoms with van der Waals surface area (Å²) in [4.78, 5) is 51.6. The number of esters is 1. The number of nitrogens with one attached hydrogen (secondary N) is 2. The van der Waals surface area contributed by atoms with Gasteiger partial charge in [0.2, 0.25) is 0 Å². The van der Waals surface area contributed by atoms with Crippen LogP contribution in [-0.4, -0.2) is 75.3 Å².